The first kappa shape index (κ1) is 31.0. The zero-order valence-corrected chi connectivity index (χ0v) is 29.9. The summed E-state index contributed by atoms with van der Waals surface area (Å²) < 4.78 is 16.5. The Bertz CT molecular complexity index is 2460. The fourth-order valence-corrected chi connectivity index (χ4v) is 13.4. The molecule has 230 valence electrons. The van der Waals surface area contributed by atoms with Gasteiger partial charge in [-0.1, -0.05) is 33.8 Å². The second-order valence-electron chi connectivity index (χ2n) is 11.8. The summed E-state index contributed by atoms with van der Waals surface area (Å²) in [5.41, 5.74) is 4.22. The molecule has 0 amide bonds. The summed E-state index contributed by atoms with van der Waals surface area (Å²) in [6, 6.07) is 13.1. The Balaban J connectivity index is 1.32. The van der Waals surface area contributed by atoms with Gasteiger partial charge in [-0.2, -0.15) is 21.0 Å². The molecule has 0 atom stereocenters. The van der Waals surface area contributed by atoms with Crippen molar-refractivity contribution in [3.8, 4) is 45.5 Å². The van der Waals surface area contributed by atoms with Crippen molar-refractivity contribution >= 4 is 108 Å². The molecule has 13 heteroatoms. The number of aliphatic imine (C=N–C) groups is 2. The minimum atomic E-state index is -0.329. The Morgan fingerprint density at radius 3 is 1.81 bits per heavy atom. The third-order valence-electron chi connectivity index (χ3n) is 8.51. The molecule has 0 aliphatic heterocycles. The van der Waals surface area contributed by atoms with Crippen LogP contribution in [0.15, 0.2) is 39.8 Å². The van der Waals surface area contributed by atoms with Crippen LogP contribution in [-0.4, -0.2) is 25.6 Å². The van der Waals surface area contributed by atoms with E-state index >= 15 is 0 Å². The molecule has 0 aromatic carbocycles. The molecule has 2 aliphatic rings. The van der Waals surface area contributed by atoms with Crippen LogP contribution >= 0.6 is 56.7 Å². The molecule has 0 bridgehead atoms. The third kappa shape index (κ3) is 4.51. The lowest BCUT2D eigenvalue weighted by atomic mass is 9.79. The van der Waals surface area contributed by atoms with Crippen molar-refractivity contribution in [1.29, 1.82) is 21.0 Å². The number of ether oxygens (including phenoxy) is 2. The molecule has 0 fully saturated rings. The van der Waals surface area contributed by atoms with E-state index in [0.717, 1.165) is 20.2 Å². The standard InChI is InChI=1S/C34H22N6O2S5/c1-33(2)17-7-18(27-19(41-5)8-23(45-27)39-15(11-35)12-36)34(3,4)25(17)30-26(33)31-32(47-30)29-22(44-31)10-21(43-29)28-20(42-6)9-24(46-28)40-16(13-37)14-38/h7-10H,1-6H3. The van der Waals surface area contributed by atoms with E-state index in [9.17, 15) is 10.5 Å². The molecule has 5 aromatic heterocycles. The zero-order chi connectivity index (χ0) is 33.4. The third-order valence-corrected chi connectivity index (χ3v) is 14.7. The molecule has 47 heavy (non-hydrogen) atoms. The highest BCUT2D eigenvalue weighted by atomic mass is 32.1. The molecule has 2 aliphatic carbocycles. The summed E-state index contributed by atoms with van der Waals surface area (Å²) in [5.74, 6) is 1.34. The van der Waals surface area contributed by atoms with Crippen LogP contribution in [0.1, 0.15) is 43.0 Å². The minimum absolute atomic E-state index is 0.188. The number of fused-ring (bicyclic) bond motifs is 6. The summed E-state index contributed by atoms with van der Waals surface area (Å²) in [6.07, 6.45) is 2.31. The van der Waals surface area contributed by atoms with Crippen LogP contribution in [0.2, 0.25) is 0 Å². The first-order valence-corrected chi connectivity index (χ1v) is 18.2. The SMILES string of the molecule is COc1cc(N=C(C#N)C#N)sc1C1=CC2=C(c3sc4c(sc5cc(-c6sc(N=C(C#N)C#N)cc6OC)sc54)c3C2(C)C)C1(C)C. The smallest absolute Gasteiger partial charge is 0.219 e. The number of nitrogens with zero attached hydrogens (tertiary/aromatic N) is 6. The highest BCUT2D eigenvalue weighted by Gasteiger charge is 2.50. The van der Waals surface area contributed by atoms with Crippen molar-refractivity contribution < 1.29 is 9.47 Å². The lowest BCUT2D eigenvalue weighted by Gasteiger charge is -2.26. The normalized spacial score (nSPS) is 15.3. The van der Waals surface area contributed by atoms with Gasteiger partial charge in [0.05, 0.1) is 43.0 Å². The van der Waals surface area contributed by atoms with Crippen molar-refractivity contribution in [3.05, 3.63) is 45.2 Å². The maximum atomic E-state index is 9.24. The van der Waals surface area contributed by atoms with Crippen LogP contribution in [0, 0.1) is 50.7 Å². The zero-order valence-electron chi connectivity index (χ0n) is 25.9. The molecule has 8 nitrogen and oxygen atoms in total. The van der Waals surface area contributed by atoms with Gasteiger partial charge in [-0.3, -0.25) is 0 Å². The van der Waals surface area contributed by atoms with E-state index in [1.807, 2.05) is 47.0 Å². The van der Waals surface area contributed by atoms with Crippen LogP contribution in [-0.2, 0) is 5.41 Å². The maximum absolute atomic E-state index is 9.24. The van der Waals surface area contributed by atoms with Gasteiger partial charge in [0.25, 0.3) is 0 Å². The number of nitriles is 4. The molecule has 0 unspecified atom stereocenters. The Labute approximate surface area is 290 Å². The van der Waals surface area contributed by atoms with Gasteiger partial charge in [-0.05, 0) is 28.3 Å². The molecular formula is C34H22N6O2S5. The van der Waals surface area contributed by atoms with E-state index in [4.69, 9.17) is 20.0 Å². The Hall–Kier alpha value is -4.60. The Morgan fingerprint density at radius 2 is 1.23 bits per heavy atom. The molecule has 0 N–H and O–H groups in total. The van der Waals surface area contributed by atoms with E-state index in [0.29, 0.717) is 21.5 Å². The van der Waals surface area contributed by atoms with Crippen molar-refractivity contribution in [2.75, 3.05) is 14.2 Å². The number of hydrogen-bond donors (Lipinski definition) is 0. The number of rotatable bonds is 6. The average Bonchev–Trinajstić information content (AvgIpc) is 3.89. The highest BCUT2D eigenvalue weighted by Crippen LogP contribution is 2.67. The first-order valence-electron chi connectivity index (χ1n) is 14.1. The van der Waals surface area contributed by atoms with Gasteiger partial charge in [0.15, 0.2) is 0 Å². The molecule has 0 saturated carbocycles. The minimum Gasteiger partial charge on any atom is -0.495 e. The fraction of sp³-hybridized carbons (Fsp3) is 0.235. The molecular weight excluding hydrogens is 685 g/mol. The van der Waals surface area contributed by atoms with Gasteiger partial charge in [0.1, 0.15) is 45.8 Å². The summed E-state index contributed by atoms with van der Waals surface area (Å²) in [6.45, 7) is 9.12. The molecule has 7 rings (SSSR count). The van der Waals surface area contributed by atoms with E-state index in [1.54, 1.807) is 37.7 Å². The molecule has 0 saturated heterocycles. The quantitative estimate of drug-likeness (QED) is 0.161. The summed E-state index contributed by atoms with van der Waals surface area (Å²) in [5, 5.41) is 37.9. The van der Waals surface area contributed by atoms with E-state index < -0.39 is 0 Å². The second kappa shape index (κ2) is 11.0. The van der Waals surface area contributed by atoms with Crippen LogP contribution in [0.3, 0.4) is 0 Å². The van der Waals surface area contributed by atoms with Crippen LogP contribution in [0.5, 0.6) is 11.5 Å². The number of thiophene rings is 5. The van der Waals surface area contributed by atoms with Crippen LogP contribution < -0.4 is 9.47 Å². The van der Waals surface area contributed by atoms with Crippen molar-refractivity contribution in [2.45, 2.75) is 33.1 Å². The van der Waals surface area contributed by atoms with E-state index in [1.165, 1.54) is 63.1 Å². The van der Waals surface area contributed by atoms with Crippen LogP contribution in [0.25, 0.3) is 39.7 Å². The second-order valence-corrected chi connectivity index (χ2v) is 17.0. The van der Waals surface area contributed by atoms with Crippen molar-refractivity contribution in [1.82, 2.24) is 0 Å². The van der Waals surface area contributed by atoms with Gasteiger partial charge in [0, 0.05) is 32.5 Å². The summed E-state index contributed by atoms with van der Waals surface area (Å²) in [4.78, 5) is 12.7. The Morgan fingerprint density at radius 1 is 0.660 bits per heavy atom. The van der Waals surface area contributed by atoms with E-state index in [-0.39, 0.29) is 22.3 Å². The van der Waals surface area contributed by atoms with Crippen molar-refractivity contribution in [2.24, 2.45) is 15.4 Å². The number of allylic oxidation sites excluding steroid dienone is 4. The van der Waals surface area contributed by atoms with Gasteiger partial charge in [-0.25, -0.2) is 9.98 Å². The predicted octanol–water partition coefficient (Wildman–Crippen LogP) is 10.4. The predicted molar refractivity (Wildman–Crippen MR) is 194 cm³/mol. The van der Waals surface area contributed by atoms with Gasteiger partial charge >= 0.3 is 0 Å². The van der Waals surface area contributed by atoms with Crippen LogP contribution in [0.4, 0.5) is 10.0 Å². The summed E-state index contributed by atoms with van der Waals surface area (Å²) in [7, 11) is 3.24. The fourth-order valence-electron chi connectivity index (χ4n) is 6.36. The number of hydrogen-bond acceptors (Lipinski definition) is 13. The topological polar surface area (TPSA) is 138 Å². The maximum Gasteiger partial charge on any atom is 0.219 e. The van der Waals surface area contributed by atoms with Crippen molar-refractivity contribution in [3.63, 3.8) is 0 Å². The number of methoxy groups -OCH3 is 2. The van der Waals surface area contributed by atoms with E-state index in [2.05, 4.69) is 49.8 Å². The first-order chi connectivity index (χ1) is 22.5. The van der Waals surface area contributed by atoms with Gasteiger partial charge in [0.2, 0.25) is 11.4 Å². The highest BCUT2D eigenvalue weighted by molar-refractivity contribution is 7.40. The lowest BCUT2D eigenvalue weighted by molar-refractivity contribution is 0.415. The Kier molecular flexibility index (Phi) is 7.26. The lowest BCUT2D eigenvalue weighted by Crippen LogP contribution is -2.15. The molecule has 0 radical (unpaired) electrons. The molecule has 5 heterocycles. The summed E-state index contributed by atoms with van der Waals surface area (Å²) >= 11 is 8.24. The van der Waals surface area contributed by atoms with Gasteiger partial charge in [-0.15, -0.1) is 56.7 Å². The average molecular weight is 707 g/mol. The monoisotopic (exact) mass is 706 g/mol. The molecule has 5 aromatic rings. The van der Waals surface area contributed by atoms with Gasteiger partial charge < -0.3 is 9.47 Å². The largest absolute Gasteiger partial charge is 0.495 e. The molecule has 0 spiro atoms.